The second-order valence-electron chi connectivity index (χ2n) is 7.03. The van der Waals surface area contributed by atoms with E-state index in [0.29, 0.717) is 11.2 Å². The monoisotopic (exact) mass is 420 g/mol. The Morgan fingerprint density at radius 3 is 2.40 bits per heavy atom. The number of sulfone groups is 1. The molecule has 1 atom stereocenters. The Labute approximate surface area is 174 Å². The third-order valence-corrected chi connectivity index (χ3v) is 6.00. The maximum Gasteiger partial charge on any atom is 0.257 e. The van der Waals surface area contributed by atoms with Crippen molar-refractivity contribution in [3.63, 3.8) is 0 Å². The van der Waals surface area contributed by atoms with Gasteiger partial charge in [-0.05, 0) is 30.7 Å². The first-order valence-corrected chi connectivity index (χ1v) is 11.2. The van der Waals surface area contributed by atoms with Gasteiger partial charge < -0.3 is 5.32 Å². The zero-order chi connectivity index (χ0) is 21.3. The Kier molecular flexibility index (Phi) is 5.09. The minimum Gasteiger partial charge on any atom is -0.345 e. The minimum atomic E-state index is -3.26. The van der Waals surface area contributed by atoms with Gasteiger partial charge in [0.1, 0.15) is 5.56 Å². The predicted octanol–water partition coefficient (Wildman–Crippen LogP) is 3.29. The molecule has 0 fully saturated rings. The number of nitrogens with zero attached hydrogens (tertiary/aromatic N) is 3. The van der Waals surface area contributed by atoms with Crippen LogP contribution in [-0.2, 0) is 9.84 Å². The smallest absolute Gasteiger partial charge is 0.257 e. The van der Waals surface area contributed by atoms with Gasteiger partial charge in [-0.3, -0.25) is 4.79 Å². The van der Waals surface area contributed by atoms with Crippen molar-refractivity contribution < 1.29 is 13.2 Å². The Balaban J connectivity index is 1.59. The highest BCUT2D eigenvalue weighted by molar-refractivity contribution is 7.90. The van der Waals surface area contributed by atoms with Crippen LogP contribution >= 0.6 is 0 Å². The molecule has 7 nitrogen and oxygen atoms in total. The minimum absolute atomic E-state index is 0.241. The SMILES string of the molecule is CC(NC(=O)c1cnn2c(-c3ccccc3)ccnc12)c1ccc(S(C)(=O)=O)cc1. The molecule has 30 heavy (non-hydrogen) atoms. The van der Waals surface area contributed by atoms with Gasteiger partial charge in [0, 0.05) is 18.0 Å². The second kappa shape index (κ2) is 7.72. The Bertz CT molecular complexity index is 1310. The molecule has 0 bridgehead atoms. The highest BCUT2D eigenvalue weighted by atomic mass is 32.2. The summed E-state index contributed by atoms with van der Waals surface area (Å²) in [4.78, 5) is 17.5. The summed E-state index contributed by atoms with van der Waals surface area (Å²) in [5, 5.41) is 7.29. The first-order chi connectivity index (χ1) is 14.3. The second-order valence-corrected chi connectivity index (χ2v) is 9.04. The highest BCUT2D eigenvalue weighted by Gasteiger charge is 2.19. The fourth-order valence-corrected chi connectivity index (χ4v) is 3.87. The van der Waals surface area contributed by atoms with Gasteiger partial charge in [0.15, 0.2) is 15.5 Å². The summed E-state index contributed by atoms with van der Waals surface area (Å²) in [7, 11) is -3.26. The van der Waals surface area contributed by atoms with E-state index >= 15 is 0 Å². The van der Waals surface area contributed by atoms with Crippen molar-refractivity contribution in [1.82, 2.24) is 19.9 Å². The van der Waals surface area contributed by atoms with Crippen LogP contribution in [0, 0.1) is 0 Å². The van der Waals surface area contributed by atoms with E-state index in [1.165, 1.54) is 18.3 Å². The number of rotatable bonds is 5. The molecule has 1 amide bonds. The van der Waals surface area contributed by atoms with E-state index in [9.17, 15) is 13.2 Å². The summed E-state index contributed by atoms with van der Waals surface area (Å²) >= 11 is 0. The molecule has 0 aliphatic heterocycles. The van der Waals surface area contributed by atoms with Crippen molar-refractivity contribution in [2.24, 2.45) is 0 Å². The average Bonchev–Trinajstić information content (AvgIpc) is 3.18. The van der Waals surface area contributed by atoms with Crippen molar-refractivity contribution in [3.05, 3.63) is 84.2 Å². The summed E-state index contributed by atoms with van der Waals surface area (Å²) < 4.78 is 24.9. The lowest BCUT2D eigenvalue weighted by Crippen LogP contribution is -2.26. The lowest BCUT2D eigenvalue weighted by atomic mass is 10.1. The topological polar surface area (TPSA) is 93.4 Å². The van der Waals surface area contributed by atoms with Crippen LogP contribution in [0.15, 0.2) is 78.0 Å². The molecule has 4 rings (SSSR count). The molecular formula is C22H20N4O3S. The number of hydrogen-bond donors (Lipinski definition) is 1. The van der Waals surface area contributed by atoms with Gasteiger partial charge in [-0.15, -0.1) is 0 Å². The summed E-state index contributed by atoms with van der Waals surface area (Å²) in [6, 6.07) is 17.8. The molecule has 0 aliphatic rings. The van der Waals surface area contributed by atoms with Crippen LogP contribution in [0.1, 0.15) is 28.9 Å². The Hall–Kier alpha value is -3.52. The maximum atomic E-state index is 12.9. The number of amides is 1. The number of carbonyl (C=O) groups is 1. The molecule has 0 aliphatic carbocycles. The zero-order valence-corrected chi connectivity index (χ0v) is 17.3. The number of carbonyl (C=O) groups excluding carboxylic acids is 1. The highest BCUT2D eigenvalue weighted by Crippen LogP contribution is 2.22. The normalized spacial score (nSPS) is 12.6. The van der Waals surface area contributed by atoms with Crippen LogP contribution in [0.2, 0.25) is 0 Å². The molecule has 2 aromatic heterocycles. The first-order valence-electron chi connectivity index (χ1n) is 9.33. The lowest BCUT2D eigenvalue weighted by Gasteiger charge is -2.14. The van der Waals surface area contributed by atoms with Crippen LogP contribution in [0.3, 0.4) is 0 Å². The van der Waals surface area contributed by atoms with Gasteiger partial charge >= 0.3 is 0 Å². The Morgan fingerprint density at radius 2 is 1.73 bits per heavy atom. The number of aromatic nitrogens is 3. The lowest BCUT2D eigenvalue weighted by molar-refractivity contribution is 0.0941. The molecule has 0 saturated carbocycles. The van der Waals surface area contributed by atoms with Crippen molar-refractivity contribution >= 4 is 21.4 Å². The quantitative estimate of drug-likeness (QED) is 0.535. The summed E-state index contributed by atoms with van der Waals surface area (Å²) in [5.41, 5.74) is 3.44. The van der Waals surface area contributed by atoms with Gasteiger partial charge in [0.25, 0.3) is 5.91 Å². The van der Waals surface area contributed by atoms with Crippen LogP contribution in [0.25, 0.3) is 16.9 Å². The summed E-state index contributed by atoms with van der Waals surface area (Å²) in [6.45, 7) is 1.84. The van der Waals surface area contributed by atoms with E-state index in [0.717, 1.165) is 23.1 Å². The van der Waals surface area contributed by atoms with E-state index in [1.807, 2.05) is 43.3 Å². The fraction of sp³-hybridized carbons (Fsp3) is 0.136. The van der Waals surface area contributed by atoms with E-state index in [2.05, 4.69) is 15.4 Å². The van der Waals surface area contributed by atoms with Crippen LogP contribution in [-0.4, -0.2) is 35.2 Å². The third-order valence-electron chi connectivity index (χ3n) is 4.87. The van der Waals surface area contributed by atoms with Crippen molar-refractivity contribution in [1.29, 1.82) is 0 Å². The van der Waals surface area contributed by atoms with Gasteiger partial charge in [-0.1, -0.05) is 42.5 Å². The summed E-state index contributed by atoms with van der Waals surface area (Å²) in [5.74, 6) is -0.303. The fourth-order valence-electron chi connectivity index (χ4n) is 3.24. The van der Waals surface area contributed by atoms with E-state index in [1.54, 1.807) is 22.8 Å². The molecule has 8 heteroatoms. The molecule has 1 unspecified atom stereocenters. The van der Waals surface area contributed by atoms with Crippen LogP contribution in [0.4, 0.5) is 0 Å². The Morgan fingerprint density at radius 1 is 1.03 bits per heavy atom. The van der Waals surface area contributed by atoms with Gasteiger partial charge in [-0.2, -0.15) is 5.10 Å². The average molecular weight is 420 g/mol. The number of nitrogens with one attached hydrogen (secondary N) is 1. The maximum absolute atomic E-state index is 12.9. The van der Waals surface area contributed by atoms with E-state index < -0.39 is 9.84 Å². The molecular weight excluding hydrogens is 400 g/mol. The molecule has 2 heterocycles. The third kappa shape index (κ3) is 3.81. The number of hydrogen-bond acceptors (Lipinski definition) is 5. The number of fused-ring (bicyclic) bond motifs is 1. The molecule has 0 spiro atoms. The zero-order valence-electron chi connectivity index (χ0n) is 16.5. The van der Waals surface area contributed by atoms with Crippen molar-refractivity contribution in [2.75, 3.05) is 6.26 Å². The molecule has 152 valence electrons. The van der Waals surface area contributed by atoms with Crippen molar-refractivity contribution in [3.8, 4) is 11.3 Å². The standard InChI is InChI=1S/C22H20N4O3S/c1-15(16-8-10-18(11-9-16)30(2,28)29)25-22(27)19-14-24-26-20(12-13-23-21(19)26)17-6-4-3-5-7-17/h3-15H,1-2H3,(H,25,27). The number of benzene rings is 2. The largest absolute Gasteiger partial charge is 0.345 e. The van der Waals surface area contributed by atoms with Gasteiger partial charge in [0.05, 0.1) is 22.8 Å². The van der Waals surface area contributed by atoms with Crippen LogP contribution < -0.4 is 5.32 Å². The van der Waals surface area contributed by atoms with Gasteiger partial charge in [-0.25, -0.2) is 17.9 Å². The molecule has 2 aromatic carbocycles. The first kappa shape index (κ1) is 19.8. The van der Waals surface area contributed by atoms with Crippen LogP contribution in [0.5, 0.6) is 0 Å². The van der Waals surface area contributed by atoms with E-state index in [-0.39, 0.29) is 16.8 Å². The molecule has 4 aromatic rings. The predicted molar refractivity (Wildman–Crippen MR) is 114 cm³/mol. The molecule has 0 saturated heterocycles. The van der Waals surface area contributed by atoms with Crippen molar-refractivity contribution in [2.45, 2.75) is 17.9 Å². The van der Waals surface area contributed by atoms with Gasteiger partial charge in [0.2, 0.25) is 0 Å². The molecule has 1 N–H and O–H groups in total. The molecule has 0 radical (unpaired) electrons. The van der Waals surface area contributed by atoms with E-state index in [4.69, 9.17) is 0 Å². The summed E-state index contributed by atoms with van der Waals surface area (Å²) in [6.07, 6.45) is 4.32.